The Morgan fingerprint density at radius 3 is 2.68 bits per heavy atom. The van der Waals surface area contributed by atoms with Gasteiger partial charge in [-0.05, 0) is 74.0 Å². The summed E-state index contributed by atoms with van der Waals surface area (Å²) in [5.41, 5.74) is 11.5. The van der Waals surface area contributed by atoms with Gasteiger partial charge in [0, 0.05) is 17.7 Å². The van der Waals surface area contributed by atoms with Crippen molar-refractivity contribution in [3.05, 3.63) is 69.8 Å². The van der Waals surface area contributed by atoms with Crippen molar-refractivity contribution in [1.82, 2.24) is 4.90 Å². The van der Waals surface area contributed by atoms with E-state index in [1.54, 1.807) is 0 Å². The normalized spacial score (nSPS) is 17.4. The molecule has 2 aromatic carbocycles. The third kappa shape index (κ3) is 3.54. The van der Waals surface area contributed by atoms with Crippen LogP contribution in [0, 0.1) is 6.92 Å². The van der Waals surface area contributed by atoms with Crippen molar-refractivity contribution in [2.24, 2.45) is 5.73 Å². The summed E-state index contributed by atoms with van der Waals surface area (Å²) in [6.45, 7) is 5.52. The highest BCUT2D eigenvalue weighted by atomic mass is 16.5. The van der Waals surface area contributed by atoms with E-state index in [0.717, 1.165) is 55.6 Å². The molecular formula is C23H26N2O3. The zero-order valence-corrected chi connectivity index (χ0v) is 16.2. The third-order valence-corrected chi connectivity index (χ3v) is 6.23. The van der Waals surface area contributed by atoms with E-state index < -0.39 is 0 Å². The van der Waals surface area contributed by atoms with Gasteiger partial charge in [-0.25, -0.2) is 4.79 Å². The second-order valence-electron chi connectivity index (χ2n) is 7.77. The summed E-state index contributed by atoms with van der Waals surface area (Å²) < 4.78 is 5.15. The number of rotatable bonds is 5. The van der Waals surface area contributed by atoms with Gasteiger partial charge in [0.1, 0.15) is 6.61 Å². The number of amides is 1. The van der Waals surface area contributed by atoms with Crippen LogP contribution in [0.5, 0.6) is 0 Å². The van der Waals surface area contributed by atoms with Crippen LogP contribution in [0.4, 0.5) is 0 Å². The van der Waals surface area contributed by atoms with Crippen molar-refractivity contribution in [3.8, 4) is 0 Å². The number of cyclic esters (lactones) is 1. The second-order valence-corrected chi connectivity index (χ2v) is 7.77. The highest BCUT2D eigenvalue weighted by molar-refractivity contribution is 5.94. The Labute approximate surface area is 165 Å². The molecule has 0 spiro atoms. The molecule has 0 aromatic heterocycles. The van der Waals surface area contributed by atoms with Crippen LogP contribution in [0.15, 0.2) is 36.4 Å². The number of likely N-dealkylation sites (tertiary alicyclic amines) is 1. The molecule has 2 aliphatic rings. The number of benzene rings is 2. The van der Waals surface area contributed by atoms with Crippen LogP contribution in [0.1, 0.15) is 61.7 Å². The van der Waals surface area contributed by atoms with Crippen LogP contribution in [0.2, 0.25) is 0 Å². The van der Waals surface area contributed by atoms with Crippen LogP contribution in [0.3, 0.4) is 0 Å². The van der Waals surface area contributed by atoms with Crippen molar-refractivity contribution < 1.29 is 14.3 Å². The summed E-state index contributed by atoms with van der Waals surface area (Å²) in [6, 6.07) is 11.7. The Kier molecular flexibility index (Phi) is 5.18. The van der Waals surface area contributed by atoms with E-state index in [2.05, 4.69) is 17.9 Å². The average Bonchev–Trinajstić information content (AvgIpc) is 3.09. The van der Waals surface area contributed by atoms with Gasteiger partial charge in [-0.1, -0.05) is 24.3 Å². The zero-order valence-electron chi connectivity index (χ0n) is 16.2. The molecule has 0 unspecified atom stereocenters. The lowest BCUT2D eigenvalue weighted by Gasteiger charge is -2.33. The van der Waals surface area contributed by atoms with Crippen molar-refractivity contribution in [2.45, 2.75) is 38.7 Å². The maximum atomic E-state index is 11.7. The van der Waals surface area contributed by atoms with E-state index in [1.165, 1.54) is 11.1 Å². The summed E-state index contributed by atoms with van der Waals surface area (Å²) >= 11 is 0. The monoisotopic (exact) mass is 378 g/mol. The third-order valence-electron chi connectivity index (χ3n) is 6.23. The second kappa shape index (κ2) is 7.76. The molecule has 4 rings (SSSR count). The highest BCUT2D eigenvalue weighted by Gasteiger charge is 2.25. The molecule has 0 saturated carbocycles. The number of nitrogens with two attached hydrogens (primary N) is 1. The van der Waals surface area contributed by atoms with Gasteiger partial charge < -0.3 is 15.4 Å². The van der Waals surface area contributed by atoms with Crippen LogP contribution in [-0.4, -0.2) is 36.4 Å². The van der Waals surface area contributed by atoms with Gasteiger partial charge in [-0.15, -0.1) is 0 Å². The number of fused-ring (bicyclic) bond motifs is 1. The van der Waals surface area contributed by atoms with Gasteiger partial charge in [0.25, 0.3) is 0 Å². The number of hydrogen-bond acceptors (Lipinski definition) is 4. The van der Waals surface area contributed by atoms with E-state index >= 15 is 0 Å². The average molecular weight is 378 g/mol. The molecule has 2 aromatic rings. The quantitative estimate of drug-likeness (QED) is 0.811. The lowest BCUT2D eigenvalue weighted by molar-refractivity contribution is 0.0534. The molecule has 146 valence electrons. The number of nitrogens with zero attached hydrogens (tertiary/aromatic N) is 1. The van der Waals surface area contributed by atoms with E-state index in [0.29, 0.717) is 18.1 Å². The SMILES string of the molecule is Cc1c(CCN2CCC(c3ccccc3C(N)=O)CC2)ccc2c1COC2=O. The summed E-state index contributed by atoms with van der Waals surface area (Å²) in [4.78, 5) is 25.9. The number of esters is 1. The van der Waals surface area contributed by atoms with Gasteiger partial charge in [-0.3, -0.25) is 4.79 Å². The summed E-state index contributed by atoms with van der Waals surface area (Å²) in [7, 11) is 0. The first-order valence-electron chi connectivity index (χ1n) is 9.94. The van der Waals surface area contributed by atoms with Gasteiger partial charge in [0.15, 0.2) is 0 Å². The molecule has 0 radical (unpaired) electrons. The summed E-state index contributed by atoms with van der Waals surface area (Å²) in [5.74, 6) is -0.152. The Morgan fingerprint density at radius 2 is 1.93 bits per heavy atom. The number of ether oxygens (including phenoxy) is 1. The van der Waals surface area contributed by atoms with Crippen molar-refractivity contribution >= 4 is 11.9 Å². The highest BCUT2D eigenvalue weighted by Crippen LogP contribution is 2.31. The molecule has 2 N–H and O–H groups in total. The number of primary amides is 1. The maximum absolute atomic E-state index is 11.7. The van der Waals surface area contributed by atoms with Crippen LogP contribution >= 0.6 is 0 Å². The van der Waals surface area contributed by atoms with Crippen molar-refractivity contribution in [3.63, 3.8) is 0 Å². The standard InChI is InChI=1S/C23H26N2O3/c1-15-16(6-7-20-21(15)14-28-23(20)27)8-11-25-12-9-17(10-13-25)18-4-2-3-5-19(18)22(24)26/h2-7,17H,8-14H2,1H3,(H2,24,26). The minimum Gasteiger partial charge on any atom is -0.457 e. The van der Waals surface area contributed by atoms with Crippen molar-refractivity contribution in [1.29, 1.82) is 0 Å². The minimum absolute atomic E-state index is 0.206. The van der Waals surface area contributed by atoms with Crippen molar-refractivity contribution in [2.75, 3.05) is 19.6 Å². The number of piperidine rings is 1. The molecule has 5 nitrogen and oxygen atoms in total. The Bertz CT molecular complexity index is 914. The molecule has 2 heterocycles. The fourth-order valence-electron chi connectivity index (χ4n) is 4.49. The predicted octanol–water partition coefficient (Wildman–Crippen LogP) is 3.19. The molecule has 28 heavy (non-hydrogen) atoms. The number of carbonyl (C=O) groups excluding carboxylic acids is 2. The summed E-state index contributed by atoms with van der Waals surface area (Å²) in [5, 5.41) is 0. The molecule has 0 atom stereocenters. The molecule has 1 fully saturated rings. The van der Waals surface area contributed by atoms with Gasteiger partial charge in [0.05, 0.1) is 5.56 Å². The van der Waals surface area contributed by atoms with E-state index in [4.69, 9.17) is 10.5 Å². The van der Waals surface area contributed by atoms with E-state index in [-0.39, 0.29) is 11.9 Å². The molecule has 1 saturated heterocycles. The molecule has 2 aliphatic heterocycles. The predicted molar refractivity (Wildman–Crippen MR) is 107 cm³/mol. The fourth-order valence-corrected chi connectivity index (χ4v) is 4.49. The first-order chi connectivity index (χ1) is 13.5. The number of carbonyl (C=O) groups is 2. The molecule has 5 heteroatoms. The molecular weight excluding hydrogens is 352 g/mol. The fraction of sp³-hybridized carbons (Fsp3) is 0.391. The molecule has 0 aliphatic carbocycles. The molecule has 1 amide bonds. The van der Waals surface area contributed by atoms with Crippen LogP contribution < -0.4 is 5.73 Å². The largest absolute Gasteiger partial charge is 0.457 e. The van der Waals surface area contributed by atoms with Crippen LogP contribution in [-0.2, 0) is 17.8 Å². The topological polar surface area (TPSA) is 72.6 Å². The van der Waals surface area contributed by atoms with E-state index in [9.17, 15) is 9.59 Å². The van der Waals surface area contributed by atoms with Gasteiger partial charge >= 0.3 is 5.97 Å². The van der Waals surface area contributed by atoms with Crippen LogP contribution in [0.25, 0.3) is 0 Å². The zero-order chi connectivity index (χ0) is 19.7. The lowest BCUT2D eigenvalue weighted by atomic mass is 9.86. The van der Waals surface area contributed by atoms with Gasteiger partial charge in [0.2, 0.25) is 5.91 Å². The lowest BCUT2D eigenvalue weighted by Crippen LogP contribution is -2.35. The maximum Gasteiger partial charge on any atom is 0.338 e. The Balaban J connectivity index is 1.36. The number of hydrogen-bond donors (Lipinski definition) is 1. The Hall–Kier alpha value is -2.66. The van der Waals surface area contributed by atoms with Gasteiger partial charge in [-0.2, -0.15) is 0 Å². The van der Waals surface area contributed by atoms with E-state index in [1.807, 2.05) is 30.3 Å². The first kappa shape index (κ1) is 18.7. The first-order valence-corrected chi connectivity index (χ1v) is 9.94. The molecule has 0 bridgehead atoms. The Morgan fingerprint density at radius 1 is 1.18 bits per heavy atom. The smallest absolute Gasteiger partial charge is 0.338 e. The minimum atomic E-state index is -0.340. The summed E-state index contributed by atoms with van der Waals surface area (Å²) in [6.07, 6.45) is 3.04.